The van der Waals surface area contributed by atoms with Crippen LogP contribution in [0.25, 0.3) is 0 Å². The van der Waals surface area contributed by atoms with Gasteiger partial charge in [-0.3, -0.25) is 14.6 Å². The van der Waals surface area contributed by atoms with Gasteiger partial charge >= 0.3 is 5.97 Å². The third-order valence-electron chi connectivity index (χ3n) is 7.60. The number of carbonyl (C=O) groups is 3. The van der Waals surface area contributed by atoms with Gasteiger partial charge in [0.2, 0.25) is 11.8 Å². The van der Waals surface area contributed by atoms with Crippen LogP contribution in [0.2, 0.25) is 0 Å². The quantitative estimate of drug-likeness (QED) is 0.316. The summed E-state index contributed by atoms with van der Waals surface area (Å²) in [5, 5.41) is 2.90. The monoisotopic (exact) mass is 538 g/mol. The minimum Gasteiger partial charge on any atom is -0.465 e. The largest absolute Gasteiger partial charge is 0.465 e. The summed E-state index contributed by atoms with van der Waals surface area (Å²) in [7, 11) is 3.13. The molecule has 0 saturated carbocycles. The number of piperidine rings is 1. The number of hydrogen-bond donors (Lipinski definition) is 1. The number of benzene rings is 3. The number of carbonyl (C=O) groups excluding carboxylic acids is 3. The van der Waals surface area contributed by atoms with Gasteiger partial charge in [-0.15, -0.1) is 0 Å². The molecule has 1 fully saturated rings. The Morgan fingerprint density at radius 2 is 1.70 bits per heavy atom. The number of fused-ring (bicyclic) bond motifs is 1. The van der Waals surface area contributed by atoms with Crippen LogP contribution >= 0.6 is 0 Å². The van der Waals surface area contributed by atoms with Crippen LogP contribution in [-0.4, -0.2) is 62.2 Å². The van der Waals surface area contributed by atoms with Gasteiger partial charge in [0.25, 0.3) is 0 Å². The molecule has 2 aliphatic rings. The van der Waals surface area contributed by atoms with Crippen molar-refractivity contribution in [1.29, 1.82) is 0 Å². The van der Waals surface area contributed by atoms with E-state index in [1.54, 1.807) is 30.1 Å². The van der Waals surface area contributed by atoms with E-state index in [0.717, 1.165) is 36.4 Å². The number of nitrogens with one attached hydrogen (secondary N) is 1. The lowest BCUT2D eigenvalue weighted by Gasteiger charge is -2.27. The lowest BCUT2D eigenvalue weighted by atomic mass is 9.90. The molecule has 8 nitrogen and oxygen atoms in total. The molecule has 0 aromatic heterocycles. The highest BCUT2D eigenvalue weighted by Crippen LogP contribution is 2.37. The molecule has 1 N–H and O–H groups in total. The first-order valence-electron chi connectivity index (χ1n) is 13.7. The second-order valence-corrected chi connectivity index (χ2v) is 10.2. The average Bonchev–Trinajstić information content (AvgIpc) is 3.33. The summed E-state index contributed by atoms with van der Waals surface area (Å²) >= 11 is 0. The van der Waals surface area contributed by atoms with Gasteiger partial charge in [0, 0.05) is 31.4 Å². The third-order valence-corrected chi connectivity index (χ3v) is 7.60. The zero-order chi connectivity index (χ0) is 28.1. The summed E-state index contributed by atoms with van der Waals surface area (Å²) in [5.74, 6) is -1.25. The number of nitrogens with zero attached hydrogens (tertiary/aromatic N) is 3. The zero-order valence-corrected chi connectivity index (χ0v) is 22.9. The maximum absolute atomic E-state index is 13.2. The summed E-state index contributed by atoms with van der Waals surface area (Å²) < 4.78 is 4.83. The van der Waals surface area contributed by atoms with E-state index < -0.39 is 11.9 Å². The predicted octanol–water partition coefficient (Wildman–Crippen LogP) is 5.17. The van der Waals surface area contributed by atoms with E-state index in [9.17, 15) is 14.4 Å². The van der Waals surface area contributed by atoms with Crippen molar-refractivity contribution in [3.8, 4) is 0 Å². The number of methoxy groups -OCH3 is 1. The van der Waals surface area contributed by atoms with Crippen molar-refractivity contribution in [1.82, 2.24) is 4.90 Å². The first-order chi connectivity index (χ1) is 19.4. The highest BCUT2D eigenvalue weighted by molar-refractivity contribution is 6.24. The van der Waals surface area contributed by atoms with Crippen LogP contribution in [0.3, 0.4) is 0 Å². The fraction of sp³-hybridized carbons (Fsp3) is 0.312. The second-order valence-electron chi connectivity index (χ2n) is 10.2. The molecule has 5 rings (SSSR count). The number of ether oxygens (including phenoxy) is 1. The summed E-state index contributed by atoms with van der Waals surface area (Å²) in [4.78, 5) is 47.1. The predicted molar refractivity (Wildman–Crippen MR) is 157 cm³/mol. The van der Waals surface area contributed by atoms with Crippen molar-refractivity contribution in [2.24, 2.45) is 4.99 Å². The number of hydrogen-bond acceptors (Lipinski definition) is 6. The molecule has 8 heteroatoms. The van der Waals surface area contributed by atoms with Gasteiger partial charge in [0.15, 0.2) is 0 Å². The molecule has 1 saturated heterocycles. The van der Waals surface area contributed by atoms with Crippen molar-refractivity contribution in [3.63, 3.8) is 0 Å². The highest BCUT2D eigenvalue weighted by Gasteiger charge is 2.36. The number of rotatable bonds is 8. The molecule has 40 heavy (non-hydrogen) atoms. The Balaban J connectivity index is 1.39. The molecule has 0 bridgehead atoms. The van der Waals surface area contributed by atoms with Crippen LogP contribution in [0.4, 0.5) is 17.1 Å². The van der Waals surface area contributed by atoms with Crippen LogP contribution in [-0.2, 0) is 14.3 Å². The van der Waals surface area contributed by atoms with Gasteiger partial charge in [0.1, 0.15) is 5.92 Å². The number of aliphatic imine (C=N–C) groups is 1. The van der Waals surface area contributed by atoms with Gasteiger partial charge in [-0.1, -0.05) is 42.8 Å². The van der Waals surface area contributed by atoms with E-state index in [-0.39, 0.29) is 11.8 Å². The van der Waals surface area contributed by atoms with Gasteiger partial charge in [-0.2, -0.15) is 0 Å². The lowest BCUT2D eigenvalue weighted by molar-refractivity contribution is -0.118. The summed E-state index contributed by atoms with van der Waals surface area (Å²) in [6, 6.07) is 22.1. The normalized spacial score (nSPS) is 17.2. The number of esters is 1. The molecule has 2 aliphatic heterocycles. The van der Waals surface area contributed by atoms with E-state index in [1.807, 2.05) is 54.6 Å². The van der Waals surface area contributed by atoms with Gasteiger partial charge < -0.3 is 19.9 Å². The van der Waals surface area contributed by atoms with E-state index in [2.05, 4.69) is 10.2 Å². The molecule has 206 valence electrons. The van der Waals surface area contributed by atoms with Crippen LogP contribution in [0.15, 0.2) is 77.8 Å². The highest BCUT2D eigenvalue weighted by atomic mass is 16.5. The molecule has 1 unspecified atom stereocenters. The second kappa shape index (κ2) is 12.3. The molecule has 3 aromatic rings. The molecule has 0 spiro atoms. The van der Waals surface area contributed by atoms with Crippen molar-refractivity contribution in [3.05, 3.63) is 89.5 Å². The minimum atomic E-state index is -0.650. The first kappa shape index (κ1) is 27.3. The van der Waals surface area contributed by atoms with E-state index in [1.165, 1.54) is 26.4 Å². The van der Waals surface area contributed by atoms with Crippen LogP contribution in [0.5, 0.6) is 0 Å². The molecule has 1 atom stereocenters. The molecule has 0 aliphatic carbocycles. The standard InChI is InChI=1S/C32H34N4O4/c1-35(28(37)17-20-36-18-7-4-8-19-36)25-14-12-24(13-15-25)33-30(22-9-5-3-6-10-22)29-26-16-11-23(32(39)40-2)21-27(26)34-31(29)38/h3,5-6,9-16,21,29H,4,7-8,17-20H2,1-2H3,(H,34,38). The van der Waals surface area contributed by atoms with Gasteiger partial charge in [-0.05, 0) is 73.5 Å². The SMILES string of the molecule is COC(=O)c1ccc2c(c1)NC(=O)C2C(=Nc1ccc(N(C)C(=O)CCN2CCCCC2)cc1)c1ccccc1. The molecule has 0 radical (unpaired) electrons. The zero-order valence-electron chi connectivity index (χ0n) is 22.9. The lowest BCUT2D eigenvalue weighted by Crippen LogP contribution is -2.35. The van der Waals surface area contributed by atoms with Gasteiger partial charge in [-0.25, -0.2) is 4.79 Å². The Bertz CT molecular complexity index is 1410. The number of anilines is 2. The van der Waals surface area contributed by atoms with E-state index in [4.69, 9.17) is 9.73 Å². The topological polar surface area (TPSA) is 91.3 Å². The maximum atomic E-state index is 13.2. The van der Waals surface area contributed by atoms with Crippen LogP contribution in [0.1, 0.15) is 53.1 Å². The first-order valence-corrected chi connectivity index (χ1v) is 13.7. The van der Waals surface area contributed by atoms with Crippen LogP contribution in [0, 0.1) is 0 Å². The molecule has 2 amide bonds. The van der Waals surface area contributed by atoms with Crippen molar-refractivity contribution in [2.45, 2.75) is 31.6 Å². The fourth-order valence-corrected chi connectivity index (χ4v) is 5.32. The molecule has 3 aromatic carbocycles. The molecular formula is C32H34N4O4. The Kier molecular flexibility index (Phi) is 8.36. The van der Waals surface area contributed by atoms with Crippen molar-refractivity contribution >= 4 is 40.6 Å². The minimum absolute atomic E-state index is 0.0809. The van der Waals surface area contributed by atoms with Crippen molar-refractivity contribution < 1.29 is 19.1 Å². The fourth-order valence-electron chi connectivity index (χ4n) is 5.32. The maximum Gasteiger partial charge on any atom is 0.337 e. The third kappa shape index (κ3) is 5.97. The van der Waals surface area contributed by atoms with Crippen LogP contribution < -0.4 is 10.2 Å². The summed E-state index contributed by atoms with van der Waals surface area (Å²) in [6.45, 7) is 2.94. The number of likely N-dealkylation sites (tertiary alicyclic amines) is 1. The van der Waals surface area contributed by atoms with Crippen molar-refractivity contribution in [2.75, 3.05) is 44.0 Å². The number of amides is 2. The Morgan fingerprint density at radius 1 is 0.975 bits per heavy atom. The molecular weight excluding hydrogens is 504 g/mol. The summed E-state index contributed by atoms with van der Waals surface area (Å²) in [6.07, 6.45) is 4.18. The van der Waals surface area contributed by atoms with Gasteiger partial charge in [0.05, 0.1) is 24.1 Å². The molecule has 2 heterocycles. The van der Waals surface area contributed by atoms with E-state index >= 15 is 0 Å². The Hall–Kier alpha value is -4.30. The summed E-state index contributed by atoms with van der Waals surface area (Å²) in [5.41, 5.74) is 4.57. The Labute approximate surface area is 234 Å². The van der Waals surface area contributed by atoms with E-state index in [0.29, 0.717) is 29.1 Å². The Morgan fingerprint density at radius 3 is 2.40 bits per heavy atom. The smallest absolute Gasteiger partial charge is 0.337 e. The average molecular weight is 539 g/mol.